The van der Waals surface area contributed by atoms with Crippen molar-refractivity contribution in [1.82, 2.24) is 10.2 Å². The summed E-state index contributed by atoms with van der Waals surface area (Å²) in [6.07, 6.45) is 5.24. The van der Waals surface area contributed by atoms with E-state index in [4.69, 9.17) is 16.3 Å². The Hall–Kier alpha value is -1.74. The first-order valence-corrected chi connectivity index (χ1v) is 4.69. The summed E-state index contributed by atoms with van der Waals surface area (Å²) in [4.78, 5) is 23.4. The van der Waals surface area contributed by atoms with E-state index in [1.807, 2.05) is 0 Å². The van der Waals surface area contributed by atoms with Crippen LogP contribution in [0, 0.1) is 12.3 Å². The highest BCUT2D eigenvalue weighted by molar-refractivity contribution is 5.82. The molecule has 6 nitrogen and oxygen atoms in total. The Bertz CT molecular complexity index is 285. The van der Waals surface area contributed by atoms with Gasteiger partial charge in [-0.1, -0.05) is 5.92 Å². The number of nitrogens with zero attached hydrogens (tertiary/aromatic N) is 1. The molecule has 0 rings (SSSR count). The van der Waals surface area contributed by atoms with Crippen LogP contribution < -0.4 is 5.32 Å². The molecule has 0 fully saturated rings. The minimum absolute atomic E-state index is 0.127. The number of carboxylic acids is 1. The van der Waals surface area contributed by atoms with Crippen molar-refractivity contribution >= 4 is 12.0 Å². The normalized spacial score (nSPS) is 11.3. The first-order valence-electron chi connectivity index (χ1n) is 4.69. The summed E-state index contributed by atoms with van der Waals surface area (Å²) in [5, 5.41) is 11.2. The smallest absolute Gasteiger partial charge is 0.326 e. The second kappa shape index (κ2) is 7.54. The van der Waals surface area contributed by atoms with E-state index in [2.05, 4.69) is 11.2 Å². The molecule has 0 aromatic carbocycles. The van der Waals surface area contributed by atoms with E-state index in [-0.39, 0.29) is 19.6 Å². The number of ether oxygens (including phenoxy) is 1. The fourth-order valence-corrected chi connectivity index (χ4v) is 0.961. The maximum Gasteiger partial charge on any atom is 0.326 e. The Morgan fingerprint density at radius 3 is 2.69 bits per heavy atom. The Balaban J connectivity index is 4.23. The van der Waals surface area contributed by atoms with Crippen LogP contribution in [0.3, 0.4) is 0 Å². The van der Waals surface area contributed by atoms with Crippen molar-refractivity contribution in [3.8, 4) is 12.3 Å². The summed E-state index contributed by atoms with van der Waals surface area (Å²) < 4.78 is 4.75. The lowest BCUT2D eigenvalue weighted by atomic mass is 10.2. The minimum Gasteiger partial charge on any atom is -0.480 e. The van der Waals surface area contributed by atoms with Gasteiger partial charge in [0.2, 0.25) is 0 Å². The molecule has 0 heterocycles. The second-order valence-electron chi connectivity index (χ2n) is 3.18. The third-order valence-corrected chi connectivity index (χ3v) is 1.88. The lowest BCUT2D eigenvalue weighted by molar-refractivity contribution is -0.139. The van der Waals surface area contributed by atoms with Crippen LogP contribution in [-0.2, 0) is 9.53 Å². The van der Waals surface area contributed by atoms with E-state index in [0.29, 0.717) is 0 Å². The molecule has 0 aliphatic rings. The topological polar surface area (TPSA) is 78.9 Å². The largest absolute Gasteiger partial charge is 0.480 e. The van der Waals surface area contributed by atoms with Gasteiger partial charge in [-0.15, -0.1) is 6.42 Å². The molecule has 0 saturated heterocycles. The van der Waals surface area contributed by atoms with Crippen LogP contribution >= 0.6 is 0 Å². The van der Waals surface area contributed by atoms with E-state index in [0.717, 1.165) is 0 Å². The molecule has 6 heteroatoms. The number of rotatable bonds is 6. The quantitative estimate of drug-likeness (QED) is 0.614. The molecule has 0 bridgehead atoms. The lowest BCUT2D eigenvalue weighted by Gasteiger charge is -2.19. The van der Waals surface area contributed by atoms with Crippen molar-refractivity contribution in [2.45, 2.75) is 12.5 Å². The summed E-state index contributed by atoms with van der Waals surface area (Å²) in [7, 11) is 2.95. The van der Waals surface area contributed by atoms with Gasteiger partial charge < -0.3 is 20.1 Å². The zero-order chi connectivity index (χ0) is 12.6. The standard InChI is InChI=1S/C10H16N2O4/c1-4-6-12(2)10(15)11-8(9(13)14)5-7-16-3/h1,8H,5-7H2,2-3H3,(H,11,15)(H,13,14). The number of methoxy groups -OCH3 is 1. The van der Waals surface area contributed by atoms with E-state index in [1.165, 1.54) is 19.1 Å². The van der Waals surface area contributed by atoms with E-state index < -0.39 is 18.0 Å². The Morgan fingerprint density at radius 2 is 2.25 bits per heavy atom. The number of carbonyl (C=O) groups excluding carboxylic acids is 1. The summed E-state index contributed by atoms with van der Waals surface area (Å²) in [6, 6.07) is -1.48. The molecular formula is C10H16N2O4. The molecular weight excluding hydrogens is 212 g/mol. The van der Waals surface area contributed by atoms with Gasteiger partial charge in [-0.05, 0) is 0 Å². The van der Waals surface area contributed by atoms with Gasteiger partial charge in [0.15, 0.2) is 0 Å². The van der Waals surface area contributed by atoms with Crippen LogP contribution in [0.15, 0.2) is 0 Å². The SMILES string of the molecule is C#CCN(C)C(=O)NC(CCOC)C(=O)O. The molecule has 0 aromatic heterocycles. The van der Waals surface area contributed by atoms with Crippen molar-refractivity contribution in [2.75, 3.05) is 27.3 Å². The van der Waals surface area contributed by atoms with Crippen molar-refractivity contribution in [2.24, 2.45) is 0 Å². The van der Waals surface area contributed by atoms with Crippen molar-refractivity contribution < 1.29 is 19.4 Å². The van der Waals surface area contributed by atoms with Gasteiger partial charge in [0.05, 0.1) is 6.54 Å². The highest BCUT2D eigenvalue weighted by Gasteiger charge is 2.20. The van der Waals surface area contributed by atoms with Gasteiger partial charge >= 0.3 is 12.0 Å². The number of carbonyl (C=O) groups is 2. The highest BCUT2D eigenvalue weighted by atomic mass is 16.5. The van der Waals surface area contributed by atoms with Crippen molar-refractivity contribution in [1.29, 1.82) is 0 Å². The van der Waals surface area contributed by atoms with Crippen molar-refractivity contribution in [3.05, 3.63) is 0 Å². The summed E-state index contributed by atoms with van der Waals surface area (Å²) in [5.74, 6) is 1.19. The highest BCUT2D eigenvalue weighted by Crippen LogP contribution is 1.95. The number of urea groups is 1. The maximum absolute atomic E-state index is 11.4. The molecule has 1 unspecified atom stereocenters. The number of carboxylic acid groups (broad SMARTS) is 1. The van der Waals surface area contributed by atoms with Crippen molar-refractivity contribution in [3.63, 3.8) is 0 Å². The van der Waals surface area contributed by atoms with Gasteiger partial charge in [-0.3, -0.25) is 0 Å². The van der Waals surface area contributed by atoms with Gasteiger partial charge in [0.1, 0.15) is 6.04 Å². The molecule has 0 saturated carbocycles. The Morgan fingerprint density at radius 1 is 1.62 bits per heavy atom. The fourth-order valence-electron chi connectivity index (χ4n) is 0.961. The molecule has 0 radical (unpaired) electrons. The number of nitrogens with one attached hydrogen (secondary N) is 1. The summed E-state index contributed by atoms with van der Waals surface area (Å²) in [5.41, 5.74) is 0. The zero-order valence-corrected chi connectivity index (χ0v) is 9.40. The third kappa shape index (κ3) is 5.22. The average Bonchev–Trinajstić information content (AvgIpc) is 2.23. The molecule has 2 N–H and O–H groups in total. The van der Waals surface area contributed by atoms with Gasteiger partial charge in [0, 0.05) is 27.2 Å². The molecule has 90 valence electrons. The van der Waals surface area contributed by atoms with Crippen LogP contribution in [0.5, 0.6) is 0 Å². The third-order valence-electron chi connectivity index (χ3n) is 1.88. The molecule has 0 aromatic rings. The monoisotopic (exact) mass is 228 g/mol. The van der Waals surface area contributed by atoms with Gasteiger partial charge in [-0.2, -0.15) is 0 Å². The number of hydrogen-bond acceptors (Lipinski definition) is 3. The number of hydrogen-bond donors (Lipinski definition) is 2. The van der Waals surface area contributed by atoms with Gasteiger partial charge in [0.25, 0.3) is 0 Å². The van der Waals surface area contributed by atoms with Crippen LogP contribution in [-0.4, -0.2) is 55.4 Å². The van der Waals surface area contributed by atoms with E-state index in [1.54, 1.807) is 0 Å². The van der Waals surface area contributed by atoms with Gasteiger partial charge in [-0.25, -0.2) is 9.59 Å². The maximum atomic E-state index is 11.4. The summed E-state index contributed by atoms with van der Waals surface area (Å²) in [6.45, 7) is 0.387. The van der Waals surface area contributed by atoms with E-state index >= 15 is 0 Å². The molecule has 1 atom stereocenters. The molecule has 0 spiro atoms. The first kappa shape index (κ1) is 14.3. The van der Waals surface area contributed by atoms with Crippen LogP contribution in [0.2, 0.25) is 0 Å². The van der Waals surface area contributed by atoms with Crippen LogP contribution in [0.1, 0.15) is 6.42 Å². The molecule has 0 aliphatic heterocycles. The number of aliphatic carboxylic acids is 1. The fraction of sp³-hybridized carbons (Fsp3) is 0.600. The Labute approximate surface area is 94.6 Å². The lowest BCUT2D eigenvalue weighted by Crippen LogP contribution is -2.47. The summed E-state index contributed by atoms with van der Waals surface area (Å²) >= 11 is 0. The minimum atomic E-state index is -1.10. The van der Waals surface area contributed by atoms with Crippen LogP contribution in [0.25, 0.3) is 0 Å². The molecule has 2 amide bonds. The second-order valence-corrected chi connectivity index (χ2v) is 3.18. The average molecular weight is 228 g/mol. The number of amides is 2. The predicted molar refractivity (Wildman–Crippen MR) is 57.9 cm³/mol. The number of terminal acetylenes is 1. The molecule has 0 aliphatic carbocycles. The predicted octanol–water partition coefficient (Wildman–Crippen LogP) is -0.249. The Kier molecular flexibility index (Phi) is 6.72. The first-order chi connectivity index (χ1) is 7.52. The molecule has 16 heavy (non-hydrogen) atoms. The van der Waals surface area contributed by atoms with E-state index in [9.17, 15) is 9.59 Å². The van der Waals surface area contributed by atoms with Crippen LogP contribution in [0.4, 0.5) is 4.79 Å². The zero-order valence-electron chi connectivity index (χ0n) is 9.40.